The Balaban J connectivity index is 2.09. The van der Waals surface area contributed by atoms with E-state index in [1.807, 2.05) is 24.3 Å². The second kappa shape index (κ2) is 5.12. The van der Waals surface area contributed by atoms with Crippen molar-refractivity contribution >= 4 is 15.7 Å². The number of anilines is 1. The first kappa shape index (κ1) is 15.1. The van der Waals surface area contributed by atoms with Crippen LogP contribution in [0.4, 0.5) is 5.69 Å². The van der Waals surface area contributed by atoms with Crippen molar-refractivity contribution in [2.24, 2.45) is 13.0 Å². The smallest absolute Gasteiger partial charge is 0.283 e. The summed E-state index contributed by atoms with van der Waals surface area (Å²) in [6.07, 6.45) is 1.58. The molecule has 0 fully saturated rings. The number of fused-ring (bicyclic) bond motifs is 1. The Hall–Kier alpha value is -1.82. The monoisotopic (exact) mass is 319 g/mol. The zero-order valence-electron chi connectivity index (χ0n) is 13.3. The predicted molar refractivity (Wildman–Crippen MR) is 86.5 cm³/mol. The van der Waals surface area contributed by atoms with Gasteiger partial charge in [-0.15, -0.1) is 0 Å². The van der Waals surface area contributed by atoms with Gasteiger partial charge in [0.15, 0.2) is 5.03 Å². The van der Waals surface area contributed by atoms with Crippen LogP contribution in [0.25, 0.3) is 0 Å². The number of imidazole rings is 1. The maximum absolute atomic E-state index is 13.0. The molecule has 0 aliphatic carbocycles. The van der Waals surface area contributed by atoms with E-state index in [4.69, 9.17) is 0 Å². The molecule has 0 bridgehead atoms. The first-order chi connectivity index (χ1) is 10.3. The molecule has 5 nitrogen and oxygen atoms in total. The summed E-state index contributed by atoms with van der Waals surface area (Å²) in [7, 11) is -1.82. The molecule has 3 rings (SSSR count). The van der Waals surface area contributed by atoms with Gasteiger partial charge < -0.3 is 4.57 Å². The molecule has 22 heavy (non-hydrogen) atoms. The van der Waals surface area contributed by atoms with Crippen molar-refractivity contribution in [2.75, 3.05) is 10.8 Å². The number of hydrogen-bond acceptors (Lipinski definition) is 3. The van der Waals surface area contributed by atoms with Crippen LogP contribution in [-0.4, -0.2) is 24.5 Å². The minimum Gasteiger partial charge on any atom is -0.337 e. The number of aromatic nitrogens is 2. The van der Waals surface area contributed by atoms with E-state index < -0.39 is 10.0 Å². The van der Waals surface area contributed by atoms with Crippen LogP contribution < -0.4 is 4.31 Å². The Morgan fingerprint density at radius 2 is 1.95 bits per heavy atom. The number of para-hydroxylation sites is 1. The van der Waals surface area contributed by atoms with Crippen LogP contribution in [0.15, 0.2) is 35.5 Å². The molecular weight excluding hydrogens is 298 g/mol. The Morgan fingerprint density at radius 3 is 2.55 bits per heavy atom. The van der Waals surface area contributed by atoms with Crippen LogP contribution >= 0.6 is 0 Å². The van der Waals surface area contributed by atoms with E-state index in [0.717, 1.165) is 11.3 Å². The van der Waals surface area contributed by atoms with Gasteiger partial charge in [-0.25, -0.2) is 4.98 Å². The summed E-state index contributed by atoms with van der Waals surface area (Å²) in [5.74, 6) is 1.29. The van der Waals surface area contributed by atoms with Gasteiger partial charge in [-0.1, -0.05) is 32.0 Å². The lowest BCUT2D eigenvalue weighted by molar-refractivity contribution is 0.521. The maximum atomic E-state index is 13.0. The summed E-state index contributed by atoms with van der Waals surface area (Å²) in [6, 6.07) is 7.76. The fraction of sp³-hybridized carbons (Fsp3) is 0.438. The summed E-state index contributed by atoms with van der Waals surface area (Å²) in [6.45, 7) is 6.54. The molecule has 6 heteroatoms. The third-order valence-corrected chi connectivity index (χ3v) is 6.06. The van der Waals surface area contributed by atoms with Crippen LogP contribution in [0.1, 0.15) is 31.2 Å². The van der Waals surface area contributed by atoms with Crippen LogP contribution in [-0.2, 0) is 17.1 Å². The lowest BCUT2D eigenvalue weighted by Crippen LogP contribution is -2.31. The first-order valence-corrected chi connectivity index (χ1v) is 8.88. The van der Waals surface area contributed by atoms with Crippen LogP contribution in [0.5, 0.6) is 0 Å². The highest BCUT2D eigenvalue weighted by Crippen LogP contribution is 2.42. The second-order valence-corrected chi connectivity index (χ2v) is 7.99. The number of aryl methyl sites for hydroxylation is 2. The highest BCUT2D eigenvalue weighted by molar-refractivity contribution is 7.92. The zero-order chi connectivity index (χ0) is 16.1. The summed E-state index contributed by atoms with van der Waals surface area (Å²) in [5, 5.41) is 0.117. The Kier molecular flexibility index (Phi) is 3.51. The van der Waals surface area contributed by atoms with Crippen molar-refractivity contribution in [3.05, 3.63) is 41.9 Å². The van der Waals surface area contributed by atoms with Gasteiger partial charge in [0.25, 0.3) is 10.0 Å². The minimum absolute atomic E-state index is 0.117. The van der Waals surface area contributed by atoms with Crippen molar-refractivity contribution in [1.82, 2.24) is 9.55 Å². The van der Waals surface area contributed by atoms with Gasteiger partial charge in [-0.3, -0.25) is 4.31 Å². The largest absolute Gasteiger partial charge is 0.337 e. The molecule has 1 aliphatic rings. The van der Waals surface area contributed by atoms with Gasteiger partial charge in [-0.2, -0.15) is 8.42 Å². The molecular formula is C16H21N3O2S. The Morgan fingerprint density at radius 1 is 1.27 bits per heavy atom. The summed E-state index contributed by atoms with van der Waals surface area (Å²) < 4.78 is 29.2. The number of nitrogens with zero attached hydrogens (tertiary/aromatic N) is 3. The maximum Gasteiger partial charge on any atom is 0.283 e. The molecule has 0 radical (unpaired) electrons. The molecule has 1 aromatic heterocycles. The van der Waals surface area contributed by atoms with E-state index in [0.29, 0.717) is 18.3 Å². The lowest BCUT2D eigenvalue weighted by Gasteiger charge is -2.19. The topological polar surface area (TPSA) is 55.2 Å². The fourth-order valence-electron chi connectivity index (χ4n) is 2.96. The zero-order valence-corrected chi connectivity index (χ0v) is 14.1. The van der Waals surface area contributed by atoms with Gasteiger partial charge in [0.05, 0.1) is 5.69 Å². The van der Waals surface area contributed by atoms with E-state index in [1.54, 1.807) is 24.7 Å². The molecule has 2 heterocycles. The quantitative estimate of drug-likeness (QED) is 0.874. The van der Waals surface area contributed by atoms with Crippen LogP contribution in [0.3, 0.4) is 0 Å². The molecule has 0 N–H and O–H groups in total. The number of hydrogen-bond donors (Lipinski definition) is 0. The molecule has 1 atom stereocenters. The molecule has 0 saturated heterocycles. The van der Waals surface area contributed by atoms with Gasteiger partial charge in [0, 0.05) is 25.7 Å². The van der Waals surface area contributed by atoms with E-state index in [1.165, 1.54) is 4.31 Å². The Labute approximate surface area is 131 Å². The average Bonchev–Trinajstić information content (AvgIpc) is 3.01. The fourth-order valence-corrected chi connectivity index (χ4v) is 4.51. The molecule has 0 spiro atoms. The highest BCUT2D eigenvalue weighted by Gasteiger charge is 2.38. The lowest BCUT2D eigenvalue weighted by atomic mass is 9.90. The van der Waals surface area contributed by atoms with Crippen molar-refractivity contribution in [3.8, 4) is 0 Å². The van der Waals surface area contributed by atoms with Gasteiger partial charge in [0.2, 0.25) is 0 Å². The summed E-state index contributed by atoms with van der Waals surface area (Å²) in [4.78, 5) is 4.20. The summed E-state index contributed by atoms with van der Waals surface area (Å²) in [5.41, 5.74) is 1.89. The molecule has 118 valence electrons. The molecule has 0 saturated carbocycles. The second-order valence-electron chi connectivity index (χ2n) is 6.18. The highest BCUT2D eigenvalue weighted by atomic mass is 32.2. The molecule has 0 amide bonds. The van der Waals surface area contributed by atoms with E-state index in [2.05, 4.69) is 18.8 Å². The van der Waals surface area contributed by atoms with Crippen molar-refractivity contribution < 1.29 is 8.42 Å². The van der Waals surface area contributed by atoms with Gasteiger partial charge in [0.1, 0.15) is 5.82 Å². The van der Waals surface area contributed by atoms with E-state index in [-0.39, 0.29) is 10.9 Å². The number of rotatable bonds is 3. The third-order valence-electron chi connectivity index (χ3n) is 4.41. The Bertz CT molecular complexity index is 789. The molecule has 1 aromatic carbocycles. The molecule has 2 aromatic rings. The molecule has 1 unspecified atom stereocenters. The summed E-state index contributed by atoms with van der Waals surface area (Å²) >= 11 is 0. The standard InChI is InChI=1S/C16H21N3O2S/c1-11(2)14-9-19(15-8-6-5-7-13(14)15)22(20,21)16-10-18(4)12(3)17-16/h5-8,10-11,14H,9H2,1-4H3. The van der Waals surface area contributed by atoms with Gasteiger partial charge >= 0.3 is 0 Å². The van der Waals surface area contributed by atoms with Gasteiger partial charge in [-0.05, 0) is 24.5 Å². The van der Waals surface area contributed by atoms with Crippen LogP contribution in [0.2, 0.25) is 0 Å². The SMILES string of the molecule is Cc1nc(S(=O)(=O)N2CC(C(C)C)c3ccccc32)cn1C. The first-order valence-electron chi connectivity index (χ1n) is 7.44. The average molecular weight is 319 g/mol. The normalized spacial score (nSPS) is 18.0. The van der Waals surface area contributed by atoms with Crippen LogP contribution in [0, 0.1) is 12.8 Å². The molecule has 1 aliphatic heterocycles. The van der Waals surface area contributed by atoms with E-state index >= 15 is 0 Å². The minimum atomic E-state index is -3.62. The van der Waals surface area contributed by atoms with E-state index in [9.17, 15) is 8.42 Å². The predicted octanol–water partition coefficient (Wildman–Crippen LogP) is 2.68. The van der Waals surface area contributed by atoms with Crippen molar-refractivity contribution in [1.29, 1.82) is 0 Å². The van der Waals surface area contributed by atoms with Crippen molar-refractivity contribution in [2.45, 2.75) is 31.7 Å². The number of benzene rings is 1. The number of sulfonamides is 1. The van der Waals surface area contributed by atoms with Crippen molar-refractivity contribution in [3.63, 3.8) is 0 Å². The third kappa shape index (κ3) is 2.22.